The van der Waals surface area contributed by atoms with Crippen LogP contribution in [-0.2, 0) is 4.79 Å². The molecule has 2 N–H and O–H groups in total. The number of nitrogens with two attached hydrogens (primary N) is 1. The van der Waals surface area contributed by atoms with E-state index in [0.717, 1.165) is 44.9 Å². The second kappa shape index (κ2) is 6.36. The third kappa shape index (κ3) is 3.96. The third-order valence-electron chi connectivity index (χ3n) is 4.16. The summed E-state index contributed by atoms with van der Waals surface area (Å²) in [7, 11) is 0. The summed E-state index contributed by atoms with van der Waals surface area (Å²) in [4.78, 5) is 14.0. The number of carbonyl (C=O) groups excluding carboxylic acids is 1. The molecule has 2 fully saturated rings. The number of hydrogen-bond acceptors (Lipinski definition) is 3. The Morgan fingerprint density at radius 1 is 1.06 bits per heavy atom. The fourth-order valence-electron chi connectivity index (χ4n) is 2.93. The molecule has 0 spiro atoms. The Bertz CT molecular complexity index is 243. The van der Waals surface area contributed by atoms with Crippen molar-refractivity contribution in [2.24, 2.45) is 11.8 Å². The van der Waals surface area contributed by atoms with Gasteiger partial charge in [0.2, 0.25) is 5.91 Å². The lowest BCUT2D eigenvalue weighted by Gasteiger charge is -2.32. The van der Waals surface area contributed by atoms with Crippen LogP contribution in [-0.4, -0.2) is 42.0 Å². The minimum atomic E-state index is 0.337. The highest BCUT2D eigenvalue weighted by Crippen LogP contribution is 2.27. The van der Waals surface area contributed by atoms with Crippen molar-refractivity contribution < 1.29 is 4.79 Å². The zero-order valence-electron chi connectivity index (χ0n) is 10.7. The summed E-state index contributed by atoms with van der Waals surface area (Å²) in [5.41, 5.74) is 0. The molecule has 0 bridgehead atoms. The molecular weight excluding hydrogens is 214 g/mol. The Balaban J connectivity index is 1.66. The molecule has 2 rings (SSSR count). The van der Waals surface area contributed by atoms with Crippen LogP contribution in [0.4, 0.5) is 0 Å². The third-order valence-corrected chi connectivity index (χ3v) is 4.16. The van der Waals surface area contributed by atoms with Gasteiger partial charge in [-0.3, -0.25) is 10.6 Å². The maximum atomic E-state index is 12.0. The first kappa shape index (κ1) is 12.8. The predicted molar refractivity (Wildman–Crippen MR) is 68.1 cm³/mol. The maximum absolute atomic E-state index is 12.0. The van der Waals surface area contributed by atoms with Gasteiger partial charge >= 0.3 is 0 Å². The molecule has 0 aromatic heterocycles. The fraction of sp³-hybridized carbons (Fsp3) is 0.923. The topological polar surface area (TPSA) is 49.6 Å². The summed E-state index contributed by atoms with van der Waals surface area (Å²) in [6.45, 7) is 3.24. The van der Waals surface area contributed by atoms with E-state index in [0.29, 0.717) is 5.91 Å². The minimum Gasteiger partial charge on any atom is -0.340 e. The van der Waals surface area contributed by atoms with Crippen LogP contribution >= 0.6 is 0 Å². The van der Waals surface area contributed by atoms with E-state index in [-0.39, 0.29) is 0 Å². The van der Waals surface area contributed by atoms with Crippen LogP contribution in [0.2, 0.25) is 0 Å². The van der Waals surface area contributed by atoms with Crippen molar-refractivity contribution in [3.05, 3.63) is 0 Å². The van der Waals surface area contributed by atoms with E-state index < -0.39 is 0 Å². The smallest absolute Gasteiger partial charge is 0.222 e. The molecule has 4 heteroatoms. The quantitative estimate of drug-likeness (QED) is 0.757. The Labute approximate surface area is 104 Å². The Kier molecular flexibility index (Phi) is 4.80. The monoisotopic (exact) mass is 239 g/mol. The number of amides is 1. The van der Waals surface area contributed by atoms with Gasteiger partial charge in [0.25, 0.3) is 0 Å². The molecule has 1 saturated carbocycles. The molecule has 98 valence electrons. The van der Waals surface area contributed by atoms with Crippen LogP contribution in [0.1, 0.15) is 44.9 Å². The van der Waals surface area contributed by atoms with Crippen molar-refractivity contribution in [1.82, 2.24) is 9.91 Å². The number of rotatable bonds is 3. The van der Waals surface area contributed by atoms with Crippen molar-refractivity contribution >= 4 is 5.91 Å². The maximum Gasteiger partial charge on any atom is 0.222 e. The van der Waals surface area contributed by atoms with Crippen LogP contribution in [0.5, 0.6) is 0 Å². The Morgan fingerprint density at radius 2 is 1.71 bits per heavy atom. The normalized spacial score (nSPS) is 23.9. The van der Waals surface area contributed by atoms with E-state index in [1.54, 1.807) is 5.01 Å². The first-order valence-corrected chi connectivity index (χ1v) is 7.03. The molecule has 17 heavy (non-hydrogen) atoms. The van der Waals surface area contributed by atoms with Gasteiger partial charge in [-0.05, 0) is 12.3 Å². The average Bonchev–Trinajstić information content (AvgIpc) is 2.38. The summed E-state index contributed by atoms with van der Waals surface area (Å²) >= 11 is 0. The van der Waals surface area contributed by atoms with Gasteiger partial charge < -0.3 is 4.90 Å². The number of piperazine rings is 1. The minimum absolute atomic E-state index is 0.337. The second-order valence-corrected chi connectivity index (χ2v) is 5.46. The summed E-state index contributed by atoms with van der Waals surface area (Å²) in [6, 6.07) is 0. The van der Waals surface area contributed by atoms with Gasteiger partial charge in [0.15, 0.2) is 0 Å². The largest absolute Gasteiger partial charge is 0.340 e. The van der Waals surface area contributed by atoms with Crippen LogP contribution in [0, 0.1) is 5.92 Å². The van der Waals surface area contributed by atoms with Crippen LogP contribution in [0.15, 0.2) is 0 Å². The van der Waals surface area contributed by atoms with Crippen LogP contribution in [0.3, 0.4) is 0 Å². The second-order valence-electron chi connectivity index (χ2n) is 5.46. The number of nitrogens with zero attached hydrogens (tertiary/aromatic N) is 2. The molecule has 1 heterocycles. The molecule has 1 aliphatic heterocycles. The van der Waals surface area contributed by atoms with E-state index in [1.165, 1.54) is 32.1 Å². The molecular formula is C13H25N3O. The average molecular weight is 239 g/mol. The van der Waals surface area contributed by atoms with E-state index in [9.17, 15) is 4.79 Å². The van der Waals surface area contributed by atoms with Crippen LogP contribution in [0.25, 0.3) is 0 Å². The molecule has 2 aliphatic rings. The molecule has 1 amide bonds. The van der Waals surface area contributed by atoms with Gasteiger partial charge in [0, 0.05) is 32.6 Å². The number of hydrogen-bond donors (Lipinski definition) is 1. The molecule has 0 unspecified atom stereocenters. The van der Waals surface area contributed by atoms with E-state index >= 15 is 0 Å². The first-order valence-electron chi connectivity index (χ1n) is 7.03. The first-order chi connectivity index (χ1) is 8.25. The number of hydrazine groups is 1. The van der Waals surface area contributed by atoms with Gasteiger partial charge in [0.05, 0.1) is 0 Å². The molecule has 0 radical (unpaired) electrons. The summed E-state index contributed by atoms with van der Waals surface area (Å²) in [5.74, 6) is 6.83. The summed E-state index contributed by atoms with van der Waals surface area (Å²) in [6.07, 6.45) is 8.64. The van der Waals surface area contributed by atoms with Gasteiger partial charge in [0.1, 0.15) is 0 Å². The molecule has 4 nitrogen and oxygen atoms in total. The molecule has 0 aromatic carbocycles. The van der Waals surface area contributed by atoms with E-state index in [1.807, 2.05) is 4.90 Å². The highest BCUT2D eigenvalue weighted by Gasteiger charge is 2.21. The van der Waals surface area contributed by atoms with Crippen molar-refractivity contribution in [3.63, 3.8) is 0 Å². The molecule has 1 saturated heterocycles. The van der Waals surface area contributed by atoms with Gasteiger partial charge in [-0.1, -0.05) is 32.1 Å². The zero-order chi connectivity index (χ0) is 12.1. The van der Waals surface area contributed by atoms with Gasteiger partial charge in [-0.2, -0.15) is 0 Å². The predicted octanol–water partition coefficient (Wildman–Crippen LogP) is 1.36. The van der Waals surface area contributed by atoms with Crippen molar-refractivity contribution in [2.45, 2.75) is 44.9 Å². The molecule has 1 aliphatic carbocycles. The van der Waals surface area contributed by atoms with Gasteiger partial charge in [-0.25, -0.2) is 5.01 Å². The van der Waals surface area contributed by atoms with E-state index in [2.05, 4.69) is 0 Å². The zero-order valence-corrected chi connectivity index (χ0v) is 10.7. The highest BCUT2D eigenvalue weighted by molar-refractivity contribution is 5.76. The molecule has 0 aromatic rings. The molecule has 0 atom stereocenters. The van der Waals surface area contributed by atoms with Gasteiger partial charge in [-0.15, -0.1) is 0 Å². The van der Waals surface area contributed by atoms with E-state index in [4.69, 9.17) is 5.84 Å². The van der Waals surface area contributed by atoms with Crippen molar-refractivity contribution in [2.75, 3.05) is 26.2 Å². The summed E-state index contributed by atoms with van der Waals surface area (Å²) in [5, 5.41) is 1.80. The summed E-state index contributed by atoms with van der Waals surface area (Å²) < 4.78 is 0. The fourth-order valence-corrected chi connectivity index (χ4v) is 2.93. The SMILES string of the molecule is NN1CCN(C(=O)CCC2CCCCC2)CC1. The Morgan fingerprint density at radius 3 is 2.35 bits per heavy atom. The lowest BCUT2D eigenvalue weighted by molar-refractivity contribution is -0.133. The Hall–Kier alpha value is -0.610. The number of carbonyl (C=O) groups is 1. The van der Waals surface area contributed by atoms with Crippen LogP contribution < -0.4 is 5.84 Å². The highest BCUT2D eigenvalue weighted by atomic mass is 16.2. The lowest BCUT2D eigenvalue weighted by Crippen LogP contribution is -2.51. The standard InChI is InChI=1S/C13H25N3O/c14-16-10-8-15(9-11-16)13(17)7-6-12-4-2-1-3-5-12/h12H,1-11,14H2. The van der Waals surface area contributed by atoms with Crippen molar-refractivity contribution in [3.8, 4) is 0 Å². The van der Waals surface area contributed by atoms with Crippen molar-refractivity contribution in [1.29, 1.82) is 0 Å². The lowest BCUT2D eigenvalue weighted by atomic mass is 9.86.